The highest BCUT2D eigenvalue weighted by molar-refractivity contribution is 7.13. The van der Waals surface area contributed by atoms with Gasteiger partial charge in [0.25, 0.3) is 0 Å². The Morgan fingerprint density at radius 3 is 3.05 bits per heavy atom. The van der Waals surface area contributed by atoms with Crippen molar-refractivity contribution in [1.29, 1.82) is 0 Å². The second-order valence-corrected chi connectivity index (χ2v) is 5.62. The second kappa shape index (κ2) is 6.62. The van der Waals surface area contributed by atoms with Crippen molar-refractivity contribution in [1.82, 2.24) is 5.16 Å². The third kappa shape index (κ3) is 3.12. The normalized spacial score (nSPS) is 10.8. The van der Waals surface area contributed by atoms with Gasteiger partial charge < -0.3 is 14.0 Å². The van der Waals surface area contributed by atoms with Gasteiger partial charge in [-0.3, -0.25) is 0 Å². The lowest BCUT2D eigenvalue weighted by Crippen LogP contribution is -2.15. The number of hydrogen-bond acceptors (Lipinski definition) is 6. The molecule has 22 heavy (non-hydrogen) atoms. The predicted molar refractivity (Wildman–Crippen MR) is 84.1 cm³/mol. The number of nitrogens with zero attached hydrogens (tertiary/aromatic N) is 1. The van der Waals surface area contributed by atoms with Gasteiger partial charge in [-0.15, -0.1) is 11.3 Å². The molecular weight excluding hydrogens is 302 g/mol. The Hall–Kier alpha value is -2.34. The molecule has 0 bridgehead atoms. The maximum absolute atomic E-state index is 11.4. The van der Waals surface area contributed by atoms with Crippen molar-refractivity contribution < 1.29 is 18.8 Å². The molecule has 2 heterocycles. The Labute approximate surface area is 131 Å². The van der Waals surface area contributed by atoms with E-state index in [-0.39, 0.29) is 12.6 Å². The van der Waals surface area contributed by atoms with Crippen LogP contribution in [-0.4, -0.2) is 24.3 Å². The number of esters is 1. The monoisotopic (exact) mass is 317 g/mol. The van der Waals surface area contributed by atoms with Crippen molar-refractivity contribution in [3.05, 3.63) is 35.7 Å². The van der Waals surface area contributed by atoms with Crippen LogP contribution in [0.25, 0.3) is 21.5 Å². The van der Waals surface area contributed by atoms with Crippen molar-refractivity contribution in [3.8, 4) is 16.3 Å². The summed E-state index contributed by atoms with van der Waals surface area (Å²) in [5.74, 6) is 0.175. The van der Waals surface area contributed by atoms with E-state index in [1.165, 1.54) is 0 Å². The number of carbonyl (C=O) groups is 1. The van der Waals surface area contributed by atoms with Crippen molar-refractivity contribution in [2.75, 3.05) is 13.2 Å². The van der Waals surface area contributed by atoms with E-state index in [0.29, 0.717) is 17.9 Å². The van der Waals surface area contributed by atoms with E-state index in [9.17, 15) is 4.79 Å². The average molecular weight is 317 g/mol. The van der Waals surface area contributed by atoms with E-state index in [1.54, 1.807) is 23.5 Å². The van der Waals surface area contributed by atoms with Gasteiger partial charge in [0.2, 0.25) is 0 Å². The van der Waals surface area contributed by atoms with Crippen LogP contribution in [0.15, 0.2) is 40.2 Å². The van der Waals surface area contributed by atoms with Crippen LogP contribution >= 0.6 is 11.3 Å². The van der Waals surface area contributed by atoms with E-state index in [4.69, 9.17) is 14.0 Å². The van der Waals surface area contributed by atoms with E-state index < -0.39 is 0 Å². The topological polar surface area (TPSA) is 61.6 Å². The minimum absolute atomic E-state index is 0.114. The third-order valence-corrected chi connectivity index (χ3v) is 3.90. The molecule has 5 nitrogen and oxygen atoms in total. The van der Waals surface area contributed by atoms with Gasteiger partial charge in [-0.2, -0.15) is 0 Å². The van der Waals surface area contributed by atoms with Gasteiger partial charge in [0.1, 0.15) is 11.4 Å². The Balaban J connectivity index is 1.73. The van der Waals surface area contributed by atoms with Crippen molar-refractivity contribution in [2.24, 2.45) is 0 Å². The largest absolute Gasteiger partial charge is 0.482 e. The number of rotatable bonds is 6. The number of thiophene rings is 1. The first kappa shape index (κ1) is 14.6. The highest BCUT2D eigenvalue weighted by atomic mass is 32.1. The number of ether oxygens (including phenoxy) is 2. The molecule has 0 radical (unpaired) electrons. The van der Waals surface area contributed by atoms with Crippen molar-refractivity contribution in [2.45, 2.75) is 13.3 Å². The molecule has 0 amide bonds. The van der Waals surface area contributed by atoms with E-state index >= 15 is 0 Å². The lowest BCUT2D eigenvalue weighted by atomic mass is 10.2. The van der Waals surface area contributed by atoms with Gasteiger partial charge in [-0.05, 0) is 30.0 Å². The molecule has 114 valence electrons. The third-order valence-electron chi connectivity index (χ3n) is 3.02. The van der Waals surface area contributed by atoms with E-state index in [0.717, 1.165) is 22.4 Å². The maximum Gasteiger partial charge on any atom is 0.344 e. The lowest BCUT2D eigenvalue weighted by molar-refractivity contribution is -0.146. The highest BCUT2D eigenvalue weighted by Gasteiger charge is 2.12. The lowest BCUT2D eigenvalue weighted by Gasteiger charge is -2.05. The number of carbonyl (C=O) groups excluding carboxylic acids is 1. The average Bonchev–Trinajstić information content (AvgIpc) is 3.19. The molecule has 0 saturated carbocycles. The smallest absolute Gasteiger partial charge is 0.344 e. The van der Waals surface area contributed by atoms with Crippen LogP contribution < -0.4 is 4.74 Å². The summed E-state index contributed by atoms with van der Waals surface area (Å²) in [5.41, 5.74) is 1.45. The molecule has 1 aromatic carbocycles. The second-order valence-electron chi connectivity index (χ2n) is 4.68. The number of aromatic nitrogens is 1. The molecule has 0 unspecified atom stereocenters. The summed E-state index contributed by atoms with van der Waals surface area (Å²) in [7, 11) is 0. The van der Waals surface area contributed by atoms with Crippen molar-refractivity contribution >= 4 is 28.3 Å². The van der Waals surface area contributed by atoms with Crippen LogP contribution in [0.4, 0.5) is 0 Å². The zero-order valence-electron chi connectivity index (χ0n) is 12.1. The number of hydrogen-bond donors (Lipinski definition) is 0. The summed E-state index contributed by atoms with van der Waals surface area (Å²) in [6, 6.07) is 9.37. The van der Waals surface area contributed by atoms with Gasteiger partial charge in [0.05, 0.1) is 16.9 Å². The van der Waals surface area contributed by atoms with Crippen LogP contribution in [0.2, 0.25) is 0 Å². The van der Waals surface area contributed by atoms with Crippen LogP contribution in [-0.2, 0) is 9.53 Å². The summed E-state index contributed by atoms with van der Waals surface area (Å²) in [5, 5.41) is 7.02. The fourth-order valence-electron chi connectivity index (χ4n) is 2.00. The fourth-order valence-corrected chi connectivity index (χ4v) is 2.72. The Bertz CT molecular complexity index is 764. The van der Waals surface area contributed by atoms with Crippen molar-refractivity contribution in [3.63, 3.8) is 0 Å². The summed E-state index contributed by atoms with van der Waals surface area (Å²) in [6.45, 7) is 2.24. The van der Waals surface area contributed by atoms with Gasteiger partial charge >= 0.3 is 5.97 Å². The molecule has 0 saturated heterocycles. The Morgan fingerprint density at radius 1 is 1.36 bits per heavy atom. The molecule has 2 aromatic heterocycles. The molecule has 0 atom stereocenters. The predicted octanol–water partition coefficient (Wildman–Crippen LogP) is 3.89. The minimum atomic E-state index is -0.376. The molecule has 3 rings (SSSR count). The van der Waals surface area contributed by atoms with Crippen LogP contribution in [0, 0.1) is 0 Å². The summed E-state index contributed by atoms with van der Waals surface area (Å²) in [6.07, 6.45) is 0.793. The molecule has 0 fully saturated rings. The van der Waals surface area contributed by atoms with Gasteiger partial charge in [-0.1, -0.05) is 18.1 Å². The van der Waals surface area contributed by atoms with Gasteiger partial charge in [0.15, 0.2) is 12.2 Å². The zero-order chi connectivity index (χ0) is 15.4. The number of benzene rings is 1. The molecule has 0 aliphatic heterocycles. The molecule has 0 aliphatic rings. The SMILES string of the molecule is CCCOC(=O)COc1ccc2c(-c3cccs3)noc2c1. The van der Waals surface area contributed by atoms with Crippen LogP contribution in [0.5, 0.6) is 5.75 Å². The first-order valence-corrected chi connectivity index (χ1v) is 7.87. The minimum Gasteiger partial charge on any atom is -0.482 e. The first-order valence-electron chi connectivity index (χ1n) is 6.99. The Kier molecular flexibility index (Phi) is 4.39. The van der Waals surface area contributed by atoms with Crippen LogP contribution in [0.1, 0.15) is 13.3 Å². The fraction of sp³-hybridized carbons (Fsp3) is 0.250. The summed E-state index contributed by atoms with van der Waals surface area (Å²) < 4.78 is 15.7. The van der Waals surface area contributed by atoms with Crippen LogP contribution in [0.3, 0.4) is 0 Å². The molecular formula is C16H15NO4S. The molecule has 0 spiro atoms. The van der Waals surface area contributed by atoms with E-state index in [1.807, 2.05) is 30.5 Å². The molecule has 3 aromatic rings. The Morgan fingerprint density at radius 2 is 2.27 bits per heavy atom. The highest BCUT2D eigenvalue weighted by Crippen LogP contribution is 2.32. The first-order chi connectivity index (χ1) is 10.8. The summed E-state index contributed by atoms with van der Waals surface area (Å²) in [4.78, 5) is 12.5. The standard InChI is InChI=1S/C16H15NO4S/c1-2-7-19-15(18)10-20-11-5-6-12-13(9-11)21-17-16(12)14-4-3-8-22-14/h3-6,8-9H,2,7,10H2,1H3. The maximum atomic E-state index is 11.4. The number of fused-ring (bicyclic) bond motifs is 1. The van der Waals surface area contributed by atoms with Gasteiger partial charge in [0, 0.05) is 6.07 Å². The molecule has 0 aliphatic carbocycles. The molecule has 0 N–H and O–H groups in total. The zero-order valence-corrected chi connectivity index (χ0v) is 12.9. The molecule has 6 heteroatoms. The van der Waals surface area contributed by atoms with Gasteiger partial charge in [-0.25, -0.2) is 4.79 Å². The quantitative estimate of drug-likeness (QED) is 0.645. The summed E-state index contributed by atoms with van der Waals surface area (Å²) >= 11 is 1.61. The van der Waals surface area contributed by atoms with E-state index in [2.05, 4.69) is 5.16 Å².